The third-order valence-electron chi connectivity index (χ3n) is 7.23. The lowest BCUT2D eigenvalue weighted by molar-refractivity contribution is 0.0734. The molecule has 8 unspecified atom stereocenters. The molecule has 0 amide bonds. The normalized spacial score (nSPS) is 52.3. The zero-order valence-corrected chi connectivity index (χ0v) is 16.1. The van der Waals surface area contributed by atoms with Crippen molar-refractivity contribution in [1.29, 1.82) is 0 Å². The van der Waals surface area contributed by atoms with Crippen molar-refractivity contribution < 1.29 is 0 Å². The summed E-state index contributed by atoms with van der Waals surface area (Å²) in [6.07, 6.45) is 8.74. The first kappa shape index (κ1) is 18.0. The molecule has 0 aromatic carbocycles. The summed E-state index contributed by atoms with van der Waals surface area (Å²) in [5.74, 6) is 4.83. The summed E-state index contributed by atoms with van der Waals surface area (Å²) in [6.45, 7) is 9.64. The van der Waals surface area contributed by atoms with Crippen molar-refractivity contribution in [2.75, 3.05) is 0 Å². The second-order valence-electron chi connectivity index (χ2n) is 8.87. The molecule has 1 aliphatic heterocycles. The molecular weight excluding hydrogens is 306 g/mol. The van der Waals surface area contributed by atoms with E-state index in [9.17, 15) is 0 Å². The van der Waals surface area contributed by atoms with Crippen LogP contribution >= 0.6 is 11.6 Å². The largest absolute Gasteiger partial charge is 0.286 e. The van der Waals surface area contributed by atoms with Crippen molar-refractivity contribution in [2.24, 2.45) is 35.5 Å². The third-order valence-corrected chi connectivity index (χ3v) is 7.48. The van der Waals surface area contributed by atoms with Crippen LogP contribution in [0, 0.1) is 35.5 Å². The number of alkyl halides is 1. The average molecular weight is 342 g/mol. The van der Waals surface area contributed by atoms with Crippen LogP contribution in [0.4, 0.5) is 0 Å². The quantitative estimate of drug-likeness (QED) is 0.523. The molecule has 3 N–H and O–H groups in total. The highest BCUT2D eigenvalue weighted by atomic mass is 35.5. The van der Waals surface area contributed by atoms with Crippen molar-refractivity contribution in [3.05, 3.63) is 0 Å². The van der Waals surface area contributed by atoms with E-state index in [-0.39, 0.29) is 5.62 Å². The van der Waals surface area contributed by atoms with Gasteiger partial charge in [0, 0.05) is 0 Å². The van der Waals surface area contributed by atoms with Gasteiger partial charge < -0.3 is 0 Å². The Morgan fingerprint density at radius 2 is 1.04 bits per heavy atom. The highest BCUT2D eigenvalue weighted by Gasteiger charge is 2.38. The topological polar surface area (TPSA) is 36.1 Å². The van der Waals surface area contributed by atoms with Gasteiger partial charge in [-0.25, -0.2) is 0 Å². The Balaban J connectivity index is 1.60. The fourth-order valence-corrected chi connectivity index (χ4v) is 5.25. The lowest BCUT2D eigenvalue weighted by Crippen LogP contribution is -2.69. The molecule has 0 spiro atoms. The van der Waals surface area contributed by atoms with Gasteiger partial charge in [0.05, 0.1) is 12.3 Å². The van der Waals surface area contributed by atoms with Crippen LogP contribution in [-0.4, -0.2) is 18.0 Å². The van der Waals surface area contributed by atoms with Crippen molar-refractivity contribution in [2.45, 2.75) is 84.2 Å². The van der Waals surface area contributed by atoms with Gasteiger partial charge in [0.25, 0.3) is 0 Å². The first-order valence-electron chi connectivity index (χ1n) is 9.86. The fourth-order valence-electron chi connectivity index (χ4n) is 4.98. The molecule has 1 heterocycles. The van der Waals surface area contributed by atoms with Crippen LogP contribution in [0.15, 0.2) is 0 Å². The zero-order chi connectivity index (χ0) is 16.6. The zero-order valence-electron chi connectivity index (χ0n) is 15.3. The van der Waals surface area contributed by atoms with Crippen molar-refractivity contribution in [1.82, 2.24) is 16.0 Å². The molecule has 3 fully saturated rings. The van der Waals surface area contributed by atoms with Gasteiger partial charge in [-0.05, 0) is 61.2 Å². The minimum absolute atomic E-state index is 0.101. The lowest BCUT2D eigenvalue weighted by atomic mass is 9.73. The molecule has 8 atom stereocenters. The summed E-state index contributed by atoms with van der Waals surface area (Å²) in [7, 11) is 0. The Labute approximate surface area is 147 Å². The number of nitrogens with one attached hydrogen (secondary N) is 3. The van der Waals surface area contributed by atoms with E-state index in [4.69, 9.17) is 11.6 Å². The molecule has 134 valence electrons. The second kappa shape index (κ2) is 7.59. The summed E-state index contributed by atoms with van der Waals surface area (Å²) in [6, 6.07) is 0. The molecule has 2 saturated carbocycles. The van der Waals surface area contributed by atoms with Crippen LogP contribution in [-0.2, 0) is 0 Å². The van der Waals surface area contributed by atoms with Crippen molar-refractivity contribution in [3.63, 3.8) is 0 Å². The fraction of sp³-hybridized carbons (Fsp3) is 1.00. The molecule has 0 radical (unpaired) electrons. The van der Waals surface area contributed by atoms with Crippen LogP contribution in [0.1, 0.15) is 66.2 Å². The molecule has 0 aromatic heterocycles. The van der Waals surface area contributed by atoms with Gasteiger partial charge in [0.1, 0.15) is 5.62 Å². The second-order valence-corrected chi connectivity index (χ2v) is 9.31. The van der Waals surface area contributed by atoms with Gasteiger partial charge in [0.15, 0.2) is 0 Å². The maximum Gasteiger partial charge on any atom is 0.137 e. The summed E-state index contributed by atoms with van der Waals surface area (Å²) in [5.41, 5.74) is -0.101. The highest BCUT2D eigenvalue weighted by molar-refractivity contribution is 6.20. The summed E-state index contributed by atoms with van der Waals surface area (Å²) in [5, 5.41) is 11.0. The SMILES string of the molecule is CC1CCC(C2NC(Cl)NC(C3CCC(C)C(C)C3)N2)CC1C. The van der Waals surface area contributed by atoms with Crippen LogP contribution < -0.4 is 16.0 Å². The van der Waals surface area contributed by atoms with E-state index in [0.717, 1.165) is 23.7 Å². The molecule has 3 aliphatic rings. The maximum absolute atomic E-state index is 6.51. The Morgan fingerprint density at radius 1 is 0.609 bits per heavy atom. The Kier molecular flexibility index (Phi) is 5.94. The number of rotatable bonds is 2. The van der Waals surface area contributed by atoms with Crippen molar-refractivity contribution >= 4 is 11.6 Å². The van der Waals surface area contributed by atoms with E-state index in [0.29, 0.717) is 24.2 Å². The maximum atomic E-state index is 6.51. The first-order valence-corrected chi connectivity index (χ1v) is 10.3. The molecule has 3 rings (SSSR count). The van der Waals surface area contributed by atoms with E-state index < -0.39 is 0 Å². The molecule has 2 aliphatic carbocycles. The third kappa shape index (κ3) is 4.23. The minimum Gasteiger partial charge on any atom is -0.286 e. The first-order chi connectivity index (χ1) is 10.9. The van der Waals surface area contributed by atoms with E-state index in [2.05, 4.69) is 43.6 Å². The van der Waals surface area contributed by atoms with Gasteiger partial charge in [-0.1, -0.05) is 52.1 Å². The number of hydrogen-bond donors (Lipinski definition) is 3. The average Bonchev–Trinajstić information content (AvgIpc) is 2.52. The molecule has 0 aromatic rings. The standard InChI is InChI=1S/C19H36ClN3/c1-11-5-7-15(9-13(11)3)17-21-18(23-19(20)22-17)16-8-6-12(2)14(4)10-16/h11-19,21-23H,5-10H2,1-4H3. The summed E-state index contributed by atoms with van der Waals surface area (Å²) < 4.78 is 0. The lowest BCUT2D eigenvalue weighted by Gasteiger charge is -2.47. The van der Waals surface area contributed by atoms with Crippen LogP contribution in [0.3, 0.4) is 0 Å². The van der Waals surface area contributed by atoms with Crippen LogP contribution in [0.2, 0.25) is 0 Å². The van der Waals surface area contributed by atoms with E-state index in [1.54, 1.807) is 0 Å². The van der Waals surface area contributed by atoms with E-state index in [1.807, 2.05) is 0 Å². The smallest absolute Gasteiger partial charge is 0.137 e. The number of hydrogen-bond acceptors (Lipinski definition) is 3. The van der Waals surface area contributed by atoms with Gasteiger partial charge in [-0.3, -0.25) is 16.0 Å². The van der Waals surface area contributed by atoms with E-state index >= 15 is 0 Å². The highest BCUT2D eigenvalue weighted by Crippen LogP contribution is 2.37. The van der Waals surface area contributed by atoms with Crippen LogP contribution in [0.25, 0.3) is 0 Å². The van der Waals surface area contributed by atoms with Gasteiger partial charge in [0.2, 0.25) is 0 Å². The summed E-state index contributed by atoms with van der Waals surface area (Å²) in [4.78, 5) is 0. The predicted molar refractivity (Wildman–Crippen MR) is 98.0 cm³/mol. The van der Waals surface area contributed by atoms with E-state index in [1.165, 1.54) is 38.5 Å². The summed E-state index contributed by atoms with van der Waals surface area (Å²) >= 11 is 6.51. The molecule has 3 nitrogen and oxygen atoms in total. The Morgan fingerprint density at radius 3 is 1.43 bits per heavy atom. The molecule has 23 heavy (non-hydrogen) atoms. The van der Waals surface area contributed by atoms with Crippen molar-refractivity contribution in [3.8, 4) is 0 Å². The molecular formula is C19H36ClN3. The van der Waals surface area contributed by atoms with Gasteiger partial charge in [-0.2, -0.15) is 0 Å². The van der Waals surface area contributed by atoms with Crippen LogP contribution in [0.5, 0.6) is 0 Å². The predicted octanol–water partition coefficient (Wildman–Crippen LogP) is 4.09. The molecule has 0 bridgehead atoms. The Hall–Kier alpha value is 0.170. The molecule has 4 heteroatoms. The number of halogens is 1. The van der Waals surface area contributed by atoms with Gasteiger partial charge in [-0.15, -0.1) is 0 Å². The molecule has 1 saturated heterocycles. The monoisotopic (exact) mass is 341 g/mol. The minimum atomic E-state index is -0.101. The Bertz CT molecular complexity index is 357. The van der Waals surface area contributed by atoms with Gasteiger partial charge >= 0.3 is 0 Å².